The van der Waals surface area contributed by atoms with Gasteiger partial charge in [0.25, 0.3) is 5.91 Å². The molecule has 0 saturated heterocycles. The molecule has 0 fully saturated rings. The van der Waals surface area contributed by atoms with Crippen molar-refractivity contribution in [2.45, 2.75) is 38.3 Å². The molecule has 0 aliphatic rings. The Kier molecular flexibility index (Phi) is 9.11. The van der Waals surface area contributed by atoms with Crippen LogP contribution in [0.5, 0.6) is 0 Å². The van der Waals surface area contributed by atoms with Crippen molar-refractivity contribution in [3.05, 3.63) is 82.4 Å². The lowest BCUT2D eigenvalue weighted by Gasteiger charge is -2.14. The Labute approximate surface area is 233 Å². The van der Waals surface area contributed by atoms with Crippen molar-refractivity contribution < 1.29 is 27.9 Å². The maximum absolute atomic E-state index is 13.8. The van der Waals surface area contributed by atoms with E-state index in [-0.39, 0.29) is 16.1 Å². The average molecular weight is 573 g/mol. The minimum atomic E-state index is -4.81. The molecule has 11 heteroatoms. The van der Waals surface area contributed by atoms with Crippen molar-refractivity contribution in [3.8, 4) is 11.3 Å². The number of anilines is 1. The van der Waals surface area contributed by atoms with Gasteiger partial charge in [-0.05, 0) is 61.9 Å². The molecule has 1 heterocycles. The van der Waals surface area contributed by atoms with Crippen molar-refractivity contribution in [3.63, 3.8) is 0 Å². The van der Waals surface area contributed by atoms with Crippen molar-refractivity contribution >= 4 is 40.1 Å². The number of carbonyl (C=O) groups excluding carboxylic acids is 1. The smallest absolute Gasteiger partial charge is 0.417 e. The summed E-state index contributed by atoms with van der Waals surface area (Å²) in [5, 5.41) is 17.1. The molecule has 4 aromatic rings. The molecular formula is C29H28ClF3N4O3. The Morgan fingerprint density at radius 3 is 2.35 bits per heavy atom. The van der Waals surface area contributed by atoms with Gasteiger partial charge in [-0.3, -0.25) is 4.79 Å². The third-order valence-electron chi connectivity index (χ3n) is 6.52. The summed E-state index contributed by atoms with van der Waals surface area (Å²) in [6.45, 7) is 1.34. The lowest BCUT2D eigenvalue weighted by Crippen LogP contribution is -2.20. The van der Waals surface area contributed by atoms with E-state index in [0.717, 1.165) is 48.9 Å². The van der Waals surface area contributed by atoms with E-state index in [1.807, 2.05) is 0 Å². The number of unbranched alkanes of at least 4 members (excludes halogenated alkanes) is 4. The SMILES string of the molecule is NCCCCCCCNc1ccc2c(-c3ccc(C(=O)O)cc3)nn(C(=O)c3c(Cl)cccc3C(F)(F)F)c2c1. The zero-order chi connectivity index (χ0) is 28.9. The predicted molar refractivity (Wildman–Crippen MR) is 149 cm³/mol. The molecule has 0 saturated carbocycles. The minimum Gasteiger partial charge on any atom is -0.478 e. The van der Waals surface area contributed by atoms with E-state index in [2.05, 4.69) is 10.4 Å². The van der Waals surface area contributed by atoms with Gasteiger partial charge in [0.15, 0.2) is 0 Å². The normalized spacial score (nSPS) is 11.6. The van der Waals surface area contributed by atoms with Crippen LogP contribution >= 0.6 is 11.6 Å². The van der Waals surface area contributed by atoms with Crippen LogP contribution in [0.1, 0.15) is 58.4 Å². The summed E-state index contributed by atoms with van der Waals surface area (Å²) in [4.78, 5) is 24.9. The molecule has 1 aromatic heterocycles. The molecule has 3 aromatic carbocycles. The molecule has 7 nitrogen and oxygen atoms in total. The topological polar surface area (TPSA) is 110 Å². The van der Waals surface area contributed by atoms with Gasteiger partial charge in [-0.2, -0.15) is 23.0 Å². The number of nitrogens with one attached hydrogen (secondary N) is 1. The van der Waals surface area contributed by atoms with Crippen LogP contribution in [0.4, 0.5) is 18.9 Å². The summed E-state index contributed by atoms with van der Waals surface area (Å²) in [5.74, 6) is -2.14. The molecule has 0 amide bonds. The fourth-order valence-corrected chi connectivity index (χ4v) is 4.73. The largest absolute Gasteiger partial charge is 0.478 e. The number of carbonyl (C=O) groups is 2. The standard InChI is InChI=1S/C29H28ClF3N4O3/c30-23-8-6-7-22(29(31,32)33)25(23)27(38)37-24-17-20(35-16-5-3-1-2-4-15-34)13-14-21(24)26(36-37)18-9-11-19(12-10-18)28(39)40/h6-14,17,35H,1-5,15-16,34H2,(H,39,40). The van der Waals surface area contributed by atoms with E-state index >= 15 is 0 Å². The van der Waals surface area contributed by atoms with Crippen LogP contribution < -0.4 is 11.1 Å². The summed E-state index contributed by atoms with van der Waals surface area (Å²) in [6, 6.07) is 14.2. The number of hydrogen-bond donors (Lipinski definition) is 3. The lowest BCUT2D eigenvalue weighted by atomic mass is 10.0. The Morgan fingerprint density at radius 2 is 1.68 bits per heavy atom. The first kappa shape index (κ1) is 29.1. The highest BCUT2D eigenvalue weighted by Gasteiger charge is 2.37. The van der Waals surface area contributed by atoms with Crippen LogP contribution in [-0.2, 0) is 6.18 Å². The number of alkyl halides is 3. The number of benzene rings is 3. The Balaban J connectivity index is 1.75. The van der Waals surface area contributed by atoms with Crippen molar-refractivity contribution in [2.24, 2.45) is 5.73 Å². The molecule has 0 radical (unpaired) electrons. The minimum absolute atomic E-state index is 0.0592. The van der Waals surface area contributed by atoms with Gasteiger partial charge in [-0.25, -0.2) is 4.79 Å². The summed E-state index contributed by atoms with van der Waals surface area (Å²) >= 11 is 6.13. The molecule has 0 bridgehead atoms. The predicted octanol–water partition coefficient (Wildman–Crippen LogP) is 7.08. The molecule has 4 rings (SSSR count). The summed E-state index contributed by atoms with van der Waals surface area (Å²) in [5.41, 5.74) is 5.48. The summed E-state index contributed by atoms with van der Waals surface area (Å²) < 4.78 is 42.4. The number of nitrogens with two attached hydrogens (primary N) is 1. The van der Waals surface area contributed by atoms with Crippen molar-refractivity contribution in [1.82, 2.24) is 9.78 Å². The number of hydrogen-bond acceptors (Lipinski definition) is 5. The number of carboxylic acid groups (broad SMARTS) is 1. The van der Waals surface area contributed by atoms with Gasteiger partial charge in [-0.15, -0.1) is 0 Å². The summed E-state index contributed by atoms with van der Waals surface area (Å²) in [6.07, 6.45) is 0.256. The molecule has 210 valence electrons. The van der Waals surface area contributed by atoms with Crippen LogP contribution in [0.3, 0.4) is 0 Å². The van der Waals surface area contributed by atoms with Gasteiger partial charge in [0.05, 0.1) is 27.2 Å². The van der Waals surface area contributed by atoms with Crippen LogP contribution in [0, 0.1) is 0 Å². The molecule has 40 heavy (non-hydrogen) atoms. The van der Waals surface area contributed by atoms with Gasteiger partial charge in [-0.1, -0.05) is 49.1 Å². The average Bonchev–Trinajstić information content (AvgIpc) is 3.30. The monoisotopic (exact) mass is 572 g/mol. The third kappa shape index (κ3) is 6.46. The fraction of sp³-hybridized carbons (Fsp3) is 0.276. The van der Waals surface area contributed by atoms with Crippen LogP contribution in [0.2, 0.25) is 5.02 Å². The number of aromatic nitrogens is 2. The first-order valence-electron chi connectivity index (χ1n) is 12.8. The number of aromatic carboxylic acids is 1. The van der Waals surface area contributed by atoms with E-state index in [1.54, 1.807) is 18.2 Å². The lowest BCUT2D eigenvalue weighted by molar-refractivity contribution is -0.137. The molecule has 4 N–H and O–H groups in total. The third-order valence-corrected chi connectivity index (χ3v) is 6.84. The van der Waals surface area contributed by atoms with E-state index in [4.69, 9.17) is 17.3 Å². The number of nitrogens with zero attached hydrogens (tertiary/aromatic N) is 2. The van der Waals surface area contributed by atoms with Crippen LogP contribution in [0.25, 0.3) is 22.2 Å². The van der Waals surface area contributed by atoms with Crippen molar-refractivity contribution in [1.29, 1.82) is 0 Å². The second kappa shape index (κ2) is 12.5. The van der Waals surface area contributed by atoms with E-state index in [9.17, 15) is 27.9 Å². The maximum atomic E-state index is 13.8. The van der Waals surface area contributed by atoms with Crippen LogP contribution in [0.15, 0.2) is 60.7 Å². The molecule has 0 atom stereocenters. The van der Waals surface area contributed by atoms with E-state index in [0.29, 0.717) is 35.4 Å². The maximum Gasteiger partial charge on any atom is 0.417 e. The molecule has 0 unspecified atom stereocenters. The van der Waals surface area contributed by atoms with Gasteiger partial charge in [0, 0.05) is 23.2 Å². The molecule has 0 aliphatic carbocycles. The first-order valence-corrected chi connectivity index (χ1v) is 13.2. The Bertz CT molecular complexity index is 1520. The van der Waals surface area contributed by atoms with Crippen molar-refractivity contribution in [2.75, 3.05) is 18.4 Å². The Morgan fingerprint density at radius 1 is 0.975 bits per heavy atom. The highest BCUT2D eigenvalue weighted by atomic mass is 35.5. The zero-order valence-electron chi connectivity index (χ0n) is 21.5. The second-order valence-corrected chi connectivity index (χ2v) is 9.73. The highest BCUT2D eigenvalue weighted by Crippen LogP contribution is 2.37. The Hall–Kier alpha value is -3.89. The van der Waals surface area contributed by atoms with Gasteiger partial charge >= 0.3 is 12.1 Å². The molecule has 0 spiro atoms. The number of fused-ring (bicyclic) bond motifs is 1. The van der Waals surface area contributed by atoms with E-state index in [1.165, 1.54) is 30.3 Å². The highest BCUT2D eigenvalue weighted by molar-refractivity contribution is 6.34. The fourth-order valence-electron chi connectivity index (χ4n) is 4.48. The number of carboxylic acids is 1. The molecule has 0 aliphatic heterocycles. The van der Waals surface area contributed by atoms with E-state index < -0.39 is 29.2 Å². The molecular weight excluding hydrogens is 545 g/mol. The zero-order valence-corrected chi connectivity index (χ0v) is 22.2. The van der Waals surface area contributed by atoms with Gasteiger partial charge < -0.3 is 16.2 Å². The quantitative estimate of drug-likeness (QED) is 0.166. The first-order chi connectivity index (χ1) is 19.1. The number of halogens is 4. The van der Waals surface area contributed by atoms with Crippen LogP contribution in [-0.4, -0.2) is 39.9 Å². The second-order valence-electron chi connectivity index (χ2n) is 9.32. The number of rotatable bonds is 11. The van der Waals surface area contributed by atoms with Gasteiger partial charge in [0.2, 0.25) is 0 Å². The summed E-state index contributed by atoms with van der Waals surface area (Å²) in [7, 11) is 0. The van der Waals surface area contributed by atoms with Gasteiger partial charge in [0.1, 0.15) is 5.69 Å².